The normalized spacial score (nSPS) is 13.0. The monoisotopic (exact) mass is 380 g/mol. The molecule has 0 atom stereocenters. The zero-order chi connectivity index (χ0) is 20.8. The summed E-state index contributed by atoms with van der Waals surface area (Å²) < 4.78 is 8.15. The molecule has 0 fully saturated rings. The van der Waals surface area contributed by atoms with Crippen LogP contribution in [0.4, 0.5) is 0 Å². The van der Waals surface area contributed by atoms with E-state index in [2.05, 4.69) is 76.7 Å². The number of imidazole rings is 1. The summed E-state index contributed by atoms with van der Waals surface area (Å²) in [5.41, 5.74) is 2.50. The molecule has 0 N–H and O–H groups in total. The molecule has 0 amide bonds. The number of benzene rings is 1. The van der Waals surface area contributed by atoms with Crippen molar-refractivity contribution in [3.8, 4) is 17.0 Å². The van der Waals surface area contributed by atoms with E-state index in [4.69, 9.17) is 9.72 Å². The molecule has 1 heterocycles. The first-order valence-electron chi connectivity index (χ1n) is 10.2. The van der Waals surface area contributed by atoms with Crippen molar-refractivity contribution in [2.75, 3.05) is 6.61 Å². The average Bonchev–Trinajstić information content (AvgIpc) is 3.00. The van der Waals surface area contributed by atoms with Crippen LogP contribution in [0, 0.1) is 10.8 Å². The van der Waals surface area contributed by atoms with Crippen molar-refractivity contribution >= 4 is 12.3 Å². The number of rotatable bonds is 8. The summed E-state index contributed by atoms with van der Waals surface area (Å²) in [7, 11) is 0. The molecule has 3 nitrogen and oxygen atoms in total. The van der Waals surface area contributed by atoms with Crippen LogP contribution in [-0.2, 0) is 0 Å². The van der Waals surface area contributed by atoms with E-state index in [9.17, 15) is 0 Å². The highest BCUT2D eigenvalue weighted by atomic mass is 16.5. The van der Waals surface area contributed by atoms with E-state index < -0.39 is 0 Å². The molecular weight excluding hydrogens is 344 g/mol. The van der Waals surface area contributed by atoms with Crippen LogP contribution in [0.15, 0.2) is 42.6 Å². The number of aromatic nitrogens is 2. The molecule has 1 aromatic heterocycles. The van der Waals surface area contributed by atoms with Gasteiger partial charge in [0.15, 0.2) is 0 Å². The Hall–Kier alpha value is -2.29. The minimum Gasteiger partial charge on any atom is -0.493 e. The van der Waals surface area contributed by atoms with Crippen molar-refractivity contribution in [3.05, 3.63) is 48.4 Å². The lowest BCUT2D eigenvalue weighted by atomic mass is 9.77. The van der Waals surface area contributed by atoms with Gasteiger partial charge in [-0.1, -0.05) is 53.7 Å². The zero-order valence-corrected chi connectivity index (χ0v) is 18.6. The van der Waals surface area contributed by atoms with Crippen molar-refractivity contribution in [3.63, 3.8) is 0 Å². The Kier molecular flexibility index (Phi) is 7.29. The quantitative estimate of drug-likeness (QED) is 0.480. The van der Waals surface area contributed by atoms with Crippen molar-refractivity contribution < 1.29 is 4.74 Å². The highest BCUT2D eigenvalue weighted by Gasteiger charge is 2.26. The molecule has 0 spiro atoms. The first-order chi connectivity index (χ1) is 13.1. The summed E-state index contributed by atoms with van der Waals surface area (Å²) in [5, 5.41) is 0. The van der Waals surface area contributed by atoms with Gasteiger partial charge in [0.05, 0.1) is 12.3 Å². The van der Waals surface area contributed by atoms with Crippen molar-refractivity contribution in [2.24, 2.45) is 10.8 Å². The Morgan fingerprint density at radius 3 is 2.32 bits per heavy atom. The van der Waals surface area contributed by atoms with Crippen LogP contribution in [0.5, 0.6) is 5.75 Å². The SMILES string of the molecule is C/C=C\c1nc(-c2ccc(OCC(C)(C)CC(C)(C)C)cc2)cn1/C=C\CC. The largest absolute Gasteiger partial charge is 0.493 e. The molecule has 0 bridgehead atoms. The van der Waals surface area contributed by atoms with Crippen molar-refractivity contribution in [1.29, 1.82) is 0 Å². The maximum Gasteiger partial charge on any atom is 0.137 e. The minimum atomic E-state index is 0.142. The Bertz CT molecular complexity index is 802. The summed E-state index contributed by atoms with van der Waals surface area (Å²) >= 11 is 0. The van der Waals surface area contributed by atoms with E-state index >= 15 is 0 Å². The average molecular weight is 381 g/mol. The number of hydrogen-bond donors (Lipinski definition) is 0. The van der Waals surface area contributed by atoms with Crippen LogP contribution < -0.4 is 4.74 Å². The molecule has 2 rings (SSSR count). The van der Waals surface area contributed by atoms with Crippen LogP contribution >= 0.6 is 0 Å². The van der Waals surface area contributed by atoms with E-state index in [0.29, 0.717) is 12.0 Å². The summed E-state index contributed by atoms with van der Waals surface area (Å²) in [5.74, 6) is 1.84. The fourth-order valence-corrected chi connectivity index (χ4v) is 3.65. The first kappa shape index (κ1) is 22.0. The summed E-state index contributed by atoms with van der Waals surface area (Å²) in [6, 6.07) is 8.25. The molecule has 152 valence electrons. The van der Waals surface area contributed by atoms with Gasteiger partial charge in [-0.05, 0) is 60.9 Å². The third-order valence-corrected chi connectivity index (χ3v) is 4.37. The molecular formula is C25H36N2O. The topological polar surface area (TPSA) is 27.1 Å². The maximum absolute atomic E-state index is 6.08. The van der Waals surface area contributed by atoms with E-state index in [1.54, 1.807) is 0 Å². The van der Waals surface area contributed by atoms with Crippen molar-refractivity contribution in [1.82, 2.24) is 9.55 Å². The molecule has 28 heavy (non-hydrogen) atoms. The molecule has 3 heteroatoms. The minimum absolute atomic E-state index is 0.142. The molecule has 0 aliphatic carbocycles. The standard InChI is InChI=1S/C25H36N2O/c1-8-10-16-27-17-22(26-23(27)11-9-2)20-12-14-21(15-13-20)28-19-25(6,7)18-24(3,4)5/h9-17H,8,18-19H2,1-7H3/b11-9-,16-10-. The Labute approximate surface area is 171 Å². The number of allylic oxidation sites excluding steroid dienone is 2. The van der Waals surface area contributed by atoms with Crippen LogP contribution in [-0.4, -0.2) is 16.2 Å². The van der Waals surface area contributed by atoms with Gasteiger partial charge in [-0.2, -0.15) is 0 Å². The molecule has 0 aliphatic heterocycles. The second-order valence-corrected chi connectivity index (χ2v) is 9.40. The van der Waals surface area contributed by atoms with Gasteiger partial charge in [0.1, 0.15) is 11.6 Å². The molecule has 0 aliphatic rings. The summed E-state index contributed by atoms with van der Waals surface area (Å²) in [6.45, 7) is 16.2. The lowest BCUT2D eigenvalue weighted by Crippen LogP contribution is -2.27. The van der Waals surface area contributed by atoms with Gasteiger partial charge in [-0.3, -0.25) is 0 Å². The van der Waals surface area contributed by atoms with E-state index in [-0.39, 0.29) is 5.41 Å². The third-order valence-electron chi connectivity index (χ3n) is 4.37. The maximum atomic E-state index is 6.08. The second-order valence-electron chi connectivity index (χ2n) is 9.40. The fraction of sp³-hybridized carbons (Fsp3) is 0.480. The van der Waals surface area contributed by atoms with Gasteiger partial charge in [0, 0.05) is 18.0 Å². The smallest absolute Gasteiger partial charge is 0.137 e. The van der Waals surface area contributed by atoms with Crippen LogP contribution in [0.2, 0.25) is 0 Å². The summed E-state index contributed by atoms with van der Waals surface area (Å²) in [6.07, 6.45) is 12.4. The number of hydrogen-bond acceptors (Lipinski definition) is 2. The van der Waals surface area contributed by atoms with Gasteiger partial charge in [0.2, 0.25) is 0 Å². The number of ether oxygens (including phenoxy) is 1. The highest BCUT2D eigenvalue weighted by Crippen LogP contribution is 2.33. The molecule has 0 unspecified atom stereocenters. The van der Waals surface area contributed by atoms with Crippen LogP contribution in [0.25, 0.3) is 23.5 Å². The van der Waals surface area contributed by atoms with Crippen molar-refractivity contribution in [2.45, 2.75) is 61.3 Å². The van der Waals surface area contributed by atoms with E-state index in [1.807, 2.05) is 31.2 Å². The third kappa shape index (κ3) is 6.70. The highest BCUT2D eigenvalue weighted by molar-refractivity contribution is 5.63. The number of nitrogens with zero attached hydrogens (tertiary/aromatic N) is 2. The first-order valence-corrected chi connectivity index (χ1v) is 10.2. The zero-order valence-electron chi connectivity index (χ0n) is 18.6. The molecule has 0 saturated heterocycles. The molecule has 2 aromatic rings. The van der Waals surface area contributed by atoms with E-state index in [0.717, 1.165) is 35.7 Å². The lowest BCUT2D eigenvalue weighted by molar-refractivity contribution is 0.125. The van der Waals surface area contributed by atoms with Gasteiger partial charge in [0.25, 0.3) is 0 Å². The Balaban J connectivity index is 2.11. The Morgan fingerprint density at radius 1 is 1.07 bits per heavy atom. The van der Waals surface area contributed by atoms with Gasteiger partial charge in [-0.25, -0.2) is 4.98 Å². The predicted octanol–water partition coefficient (Wildman–Crippen LogP) is 7.31. The molecule has 0 radical (unpaired) electrons. The Morgan fingerprint density at radius 2 is 1.75 bits per heavy atom. The molecule has 1 aromatic carbocycles. The predicted molar refractivity (Wildman–Crippen MR) is 121 cm³/mol. The summed E-state index contributed by atoms with van der Waals surface area (Å²) in [4.78, 5) is 4.76. The van der Waals surface area contributed by atoms with Crippen LogP contribution in [0.3, 0.4) is 0 Å². The van der Waals surface area contributed by atoms with E-state index in [1.165, 1.54) is 0 Å². The fourth-order valence-electron chi connectivity index (χ4n) is 3.65. The lowest BCUT2D eigenvalue weighted by Gasteiger charge is -2.32. The van der Waals surface area contributed by atoms with Gasteiger partial charge in [-0.15, -0.1) is 0 Å². The second kappa shape index (κ2) is 9.27. The molecule has 0 saturated carbocycles. The van der Waals surface area contributed by atoms with Crippen LogP contribution in [0.1, 0.15) is 67.1 Å². The van der Waals surface area contributed by atoms with Gasteiger partial charge < -0.3 is 9.30 Å². The van der Waals surface area contributed by atoms with Gasteiger partial charge >= 0.3 is 0 Å².